The highest BCUT2D eigenvalue weighted by atomic mass is 16.5. The maximum Gasteiger partial charge on any atom is 0.314 e. The fraction of sp³-hybridized carbons (Fsp3) is 0.533. The molecule has 0 aromatic heterocycles. The molecule has 0 aliphatic carbocycles. The summed E-state index contributed by atoms with van der Waals surface area (Å²) in [5, 5.41) is 5.62. The van der Waals surface area contributed by atoms with Gasteiger partial charge in [-0.3, -0.25) is 10.9 Å². The van der Waals surface area contributed by atoms with Gasteiger partial charge in [-0.2, -0.15) is 0 Å². The maximum atomic E-state index is 11.6. The van der Waals surface area contributed by atoms with Crippen LogP contribution in [0.5, 0.6) is 5.75 Å². The molecule has 1 unspecified atom stereocenters. The minimum absolute atomic E-state index is 0.159. The minimum atomic E-state index is -0.159. The molecule has 0 saturated carbocycles. The lowest BCUT2D eigenvalue weighted by molar-refractivity contribution is 0.235. The van der Waals surface area contributed by atoms with E-state index < -0.39 is 0 Å². The predicted octanol–water partition coefficient (Wildman–Crippen LogP) is 0.848. The Morgan fingerprint density at radius 1 is 1.38 bits per heavy atom. The molecule has 1 fully saturated rings. The van der Waals surface area contributed by atoms with Crippen LogP contribution < -0.4 is 26.2 Å². The normalized spacial score (nSPS) is 17.5. The lowest BCUT2D eigenvalue weighted by Gasteiger charge is -2.13. The number of carbonyl (C=O) groups is 1. The van der Waals surface area contributed by atoms with E-state index >= 15 is 0 Å². The zero-order chi connectivity index (χ0) is 15.1. The number of urea groups is 1. The summed E-state index contributed by atoms with van der Waals surface area (Å²) in [5.74, 6) is 0.865. The van der Waals surface area contributed by atoms with Gasteiger partial charge in [0.2, 0.25) is 0 Å². The molecule has 0 spiro atoms. The van der Waals surface area contributed by atoms with E-state index in [-0.39, 0.29) is 6.03 Å². The first-order valence-electron chi connectivity index (χ1n) is 7.35. The number of hydrogen-bond acceptors (Lipinski definition) is 4. The molecule has 6 heteroatoms. The van der Waals surface area contributed by atoms with Gasteiger partial charge in [0.15, 0.2) is 0 Å². The molecule has 4 N–H and O–H groups in total. The van der Waals surface area contributed by atoms with Crippen LogP contribution >= 0.6 is 0 Å². The number of hydrazine groups is 1. The SMILES string of the molecule is Cc1ccc(OCCNC(=O)NCC2CCNN2)c(C)c1. The van der Waals surface area contributed by atoms with Gasteiger partial charge in [-0.1, -0.05) is 17.7 Å². The summed E-state index contributed by atoms with van der Waals surface area (Å²) < 4.78 is 5.66. The third-order valence-corrected chi connectivity index (χ3v) is 3.41. The summed E-state index contributed by atoms with van der Waals surface area (Å²) in [6.45, 7) is 6.58. The largest absolute Gasteiger partial charge is 0.491 e. The molecule has 1 aliphatic heterocycles. The highest BCUT2D eigenvalue weighted by Crippen LogP contribution is 2.18. The molecule has 21 heavy (non-hydrogen) atoms. The molecule has 2 rings (SSSR count). The molecule has 1 heterocycles. The monoisotopic (exact) mass is 292 g/mol. The van der Waals surface area contributed by atoms with Crippen LogP contribution in [0.1, 0.15) is 17.5 Å². The fourth-order valence-corrected chi connectivity index (χ4v) is 2.25. The molecular weight excluding hydrogens is 268 g/mol. The molecular formula is C15H24N4O2. The lowest BCUT2D eigenvalue weighted by atomic mass is 10.1. The fourth-order valence-electron chi connectivity index (χ4n) is 2.25. The van der Waals surface area contributed by atoms with Gasteiger partial charge in [0.05, 0.1) is 6.54 Å². The van der Waals surface area contributed by atoms with Crippen LogP contribution in [0.3, 0.4) is 0 Å². The van der Waals surface area contributed by atoms with Crippen molar-refractivity contribution in [1.29, 1.82) is 0 Å². The molecule has 1 saturated heterocycles. The maximum absolute atomic E-state index is 11.6. The van der Waals surface area contributed by atoms with Gasteiger partial charge in [-0.05, 0) is 31.9 Å². The Labute approximate surface area is 125 Å². The molecule has 1 aliphatic rings. The van der Waals surface area contributed by atoms with Crippen molar-refractivity contribution < 1.29 is 9.53 Å². The topological polar surface area (TPSA) is 74.4 Å². The highest BCUT2D eigenvalue weighted by Gasteiger charge is 2.13. The Morgan fingerprint density at radius 2 is 2.24 bits per heavy atom. The molecule has 6 nitrogen and oxygen atoms in total. The standard InChI is InChI=1S/C15H24N4O2/c1-11-3-4-14(12(2)9-11)21-8-7-16-15(20)17-10-13-5-6-18-19-13/h3-4,9,13,18-19H,5-8,10H2,1-2H3,(H2,16,17,20). The number of nitrogens with one attached hydrogen (secondary N) is 4. The smallest absolute Gasteiger partial charge is 0.314 e. The second-order valence-electron chi connectivity index (χ2n) is 5.31. The molecule has 2 amide bonds. The van der Waals surface area contributed by atoms with Gasteiger partial charge in [-0.15, -0.1) is 0 Å². The number of ether oxygens (including phenoxy) is 1. The summed E-state index contributed by atoms with van der Waals surface area (Å²) in [6, 6.07) is 6.21. The average Bonchev–Trinajstić information content (AvgIpc) is 2.96. The zero-order valence-electron chi connectivity index (χ0n) is 12.7. The van der Waals surface area contributed by atoms with Crippen LogP contribution in [0.15, 0.2) is 18.2 Å². The predicted molar refractivity (Wildman–Crippen MR) is 82.4 cm³/mol. The highest BCUT2D eigenvalue weighted by molar-refractivity contribution is 5.73. The Bertz CT molecular complexity index is 473. The summed E-state index contributed by atoms with van der Waals surface area (Å²) >= 11 is 0. The van der Waals surface area contributed by atoms with Crippen LogP contribution in [0.25, 0.3) is 0 Å². The van der Waals surface area contributed by atoms with E-state index in [1.807, 2.05) is 19.1 Å². The van der Waals surface area contributed by atoms with Gasteiger partial charge in [0, 0.05) is 19.1 Å². The van der Waals surface area contributed by atoms with Crippen LogP contribution in [0, 0.1) is 13.8 Å². The van der Waals surface area contributed by atoms with Gasteiger partial charge in [0.25, 0.3) is 0 Å². The minimum Gasteiger partial charge on any atom is -0.491 e. The van der Waals surface area contributed by atoms with Crippen molar-refractivity contribution >= 4 is 6.03 Å². The van der Waals surface area contributed by atoms with Crippen LogP contribution in [-0.2, 0) is 0 Å². The second-order valence-corrected chi connectivity index (χ2v) is 5.31. The summed E-state index contributed by atoms with van der Waals surface area (Å²) in [4.78, 5) is 11.6. The Hall–Kier alpha value is -1.79. The van der Waals surface area contributed by atoms with E-state index in [4.69, 9.17) is 4.74 Å². The lowest BCUT2D eigenvalue weighted by Crippen LogP contribution is -2.44. The second kappa shape index (κ2) is 7.85. The van der Waals surface area contributed by atoms with Crippen molar-refractivity contribution in [3.05, 3.63) is 29.3 Å². The van der Waals surface area contributed by atoms with E-state index in [0.717, 1.165) is 24.3 Å². The van der Waals surface area contributed by atoms with Crippen molar-refractivity contribution in [2.75, 3.05) is 26.2 Å². The first-order valence-corrected chi connectivity index (χ1v) is 7.35. The van der Waals surface area contributed by atoms with Crippen molar-refractivity contribution in [1.82, 2.24) is 21.5 Å². The first kappa shape index (κ1) is 15.6. The molecule has 1 aromatic carbocycles. The van der Waals surface area contributed by atoms with Gasteiger partial charge in [0.1, 0.15) is 12.4 Å². The van der Waals surface area contributed by atoms with Crippen LogP contribution in [0.4, 0.5) is 4.79 Å². The van der Waals surface area contributed by atoms with E-state index in [2.05, 4.69) is 34.5 Å². The van der Waals surface area contributed by atoms with Crippen molar-refractivity contribution in [2.24, 2.45) is 0 Å². The van der Waals surface area contributed by atoms with E-state index in [0.29, 0.717) is 25.7 Å². The molecule has 116 valence electrons. The van der Waals surface area contributed by atoms with Crippen LogP contribution in [0.2, 0.25) is 0 Å². The number of rotatable bonds is 6. The van der Waals surface area contributed by atoms with E-state index in [9.17, 15) is 4.79 Å². The Kier molecular flexibility index (Phi) is 5.83. The third-order valence-electron chi connectivity index (χ3n) is 3.41. The van der Waals surface area contributed by atoms with Gasteiger partial charge < -0.3 is 15.4 Å². The Morgan fingerprint density at radius 3 is 2.95 bits per heavy atom. The Balaban J connectivity index is 1.59. The van der Waals surface area contributed by atoms with Crippen molar-refractivity contribution in [2.45, 2.75) is 26.3 Å². The number of amides is 2. The summed E-state index contributed by atoms with van der Waals surface area (Å²) in [6.07, 6.45) is 1.02. The zero-order valence-corrected chi connectivity index (χ0v) is 12.7. The van der Waals surface area contributed by atoms with E-state index in [1.54, 1.807) is 0 Å². The first-order chi connectivity index (χ1) is 10.1. The number of benzene rings is 1. The molecule has 0 bridgehead atoms. The number of hydrogen-bond donors (Lipinski definition) is 4. The van der Waals surface area contributed by atoms with Crippen molar-refractivity contribution in [3.63, 3.8) is 0 Å². The molecule has 1 aromatic rings. The molecule has 1 atom stereocenters. The summed E-state index contributed by atoms with van der Waals surface area (Å²) in [7, 11) is 0. The summed E-state index contributed by atoms with van der Waals surface area (Å²) in [5.41, 5.74) is 8.45. The van der Waals surface area contributed by atoms with Crippen molar-refractivity contribution in [3.8, 4) is 5.75 Å². The average molecular weight is 292 g/mol. The van der Waals surface area contributed by atoms with Gasteiger partial charge in [-0.25, -0.2) is 4.79 Å². The van der Waals surface area contributed by atoms with E-state index in [1.165, 1.54) is 5.56 Å². The number of carbonyl (C=O) groups excluding carboxylic acids is 1. The van der Waals surface area contributed by atoms with Gasteiger partial charge >= 0.3 is 6.03 Å². The third kappa shape index (κ3) is 5.24. The van der Waals surface area contributed by atoms with Crippen LogP contribution in [-0.4, -0.2) is 38.3 Å². The number of aryl methyl sites for hydroxylation is 2. The quantitative estimate of drug-likeness (QED) is 0.586. The molecule has 0 radical (unpaired) electrons.